The van der Waals surface area contributed by atoms with E-state index in [9.17, 15) is 4.79 Å². The van der Waals surface area contributed by atoms with Crippen molar-refractivity contribution < 1.29 is 9.15 Å². The molecule has 0 radical (unpaired) electrons. The zero-order valence-corrected chi connectivity index (χ0v) is 9.40. The van der Waals surface area contributed by atoms with Crippen molar-refractivity contribution in [3.8, 4) is 11.8 Å². The quantitative estimate of drug-likeness (QED) is 0.598. The molecule has 0 N–H and O–H groups in total. The van der Waals surface area contributed by atoms with Crippen LogP contribution in [0.4, 0.5) is 0 Å². The molecule has 0 aliphatic rings. The van der Waals surface area contributed by atoms with E-state index in [0.29, 0.717) is 24.4 Å². The van der Waals surface area contributed by atoms with Gasteiger partial charge in [0.1, 0.15) is 17.9 Å². The molecule has 0 spiro atoms. The van der Waals surface area contributed by atoms with Gasteiger partial charge in [-0.3, -0.25) is 0 Å². The predicted octanol–water partition coefficient (Wildman–Crippen LogP) is 2.39. The molecule has 0 aliphatic heterocycles. The lowest BCUT2D eigenvalue weighted by Gasteiger charge is -2.05. The van der Waals surface area contributed by atoms with Crippen LogP contribution in [-0.4, -0.2) is 6.61 Å². The van der Waals surface area contributed by atoms with Crippen LogP contribution in [0.3, 0.4) is 0 Å². The van der Waals surface area contributed by atoms with E-state index in [0.717, 1.165) is 10.9 Å². The lowest BCUT2D eigenvalue weighted by atomic mass is 10.1. The number of hydrogen-bond donors (Lipinski definition) is 0. The second-order valence-electron chi connectivity index (χ2n) is 3.66. The van der Waals surface area contributed by atoms with Crippen molar-refractivity contribution in [3.05, 3.63) is 40.2 Å². The minimum atomic E-state index is -0.371. The summed E-state index contributed by atoms with van der Waals surface area (Å²) < 4.78 is 10.4. The van der Waals surface area contributed by atoms with Crippen molar-refractivity contribution in [3.63, 3.8) is 0 Å². The topological polar surface area (TPSA) is 63.2 Å². The molecule has 2 rings (SSSR count). The van der Waals surface area contributed by atoms with Gasteiger partial charge in [-0.15, -0.1) is 0 Å². The average molecular weight is 229 g/mol. The van der Waals surface area contributed by atoms with Crippen molar-refractivity contribution >= 4 is 11.0 Å². The summed E-state index contributed by atoms with van der Waals surface area (Å²) in [6.45, 7) is 2.19. The number of nitriles is 1. The Kier molecular flexibility index (Phi) is 3.10. The van der Waals surface area contributed by atoms with Gasteiger partial charge in [-0.05, 0) is 24.6 Å². The van der Waals surface area contributed by atoms with E-state index >= 15 is 0 Å². The van der Waals surface area contributed by atoms with Gasteiger partial charge in [-0.2, -0.15) is 5.26 Å². The van der Waals surface area contributed by atoms with E-state index in [4.69, 9.17) is 14.4 Å². The number of fused-ring (bicyclic) bond motifs is 1. The SMILES string of the molecule is Cc1cc(=O)oc2cc(OCCC#N)ccc12. The summed E-state index contributed by atoms with van der Waals surface area (Å²) in [6.07, 6.45) is 0.329. The second kappa shape index (κ2) is 4.71. The highest BCUT2D eigenvalue weighted by molar-refractivity contribution is 5.81. The molecule has 0 amide bonds. The van der Waals surface area contributed by atoms with Gasteiger partial charge >= 0.3 is 5.63 Å². The molecule has 1 heterocycles. The standard InChI is InChI=1S/C13H11NO3/c1-9-7-13(15)17-12-8-10(3-4-11(9)12)16-6-2-5-14/h3-4,7-8H,2,6H2,1H3. The highest BCUT2D eigenvalue weighted by Gasteiger charge is 2.03. The summed E-state index contributed by atoms with van der Waals surface area (Å²) in [7, 11) is 0. The van der Waals surface area contributed by atoms with Gasteiger partial charge in [0.15, 0.2) is 0 Å². The molecule has 4 heteroatoms. The van der Waals surface area contributed by atoms with Gasteiger partial charge in [-0.25, -0.2) is 4.79 Å². The molecule has 0 fully saturated rings. The van der Waals surface area contributed by atoms with E-state index in [2.05, 4.69) is 0 Å². The summed E-state index contributed by atoms with van der Waals surface area (Å²) in [6, 6.07) is 8.76. The van der Waals surface area contributed by atoms with Crippen LogP contribution < -0.4 is 10.4 Å². The number of hydrogen-bond acceptors (Lipinski definition) is 4. The van der Waals surface area contributed by atoms with Crippen LogP contribution >= 0.6 is 0 Å². The zero-order chi connectivity index (χ0) is 12.3. The van der Waals surface area contributed by atoms with Crippen molar-refractivity contribution in [2.45, 2.75) is 13.3 Å². The van der Waals surface area contributed by atoms with E-state index in [1.807, 2.05) is 19.1 Å². The maximum Gasteiger partial charge on any atom is 0.336 e. The molecule has 0 saturated carbocycles. The highest BCUT2D eigenvalue weighted by atomic mass is 16.5. The number of aryl methyl sites for hydroxylation is 1. The number of benzene rings is 1. The van der Waals surface area contributed by atoms with Crippen LogP contribution in [0.1, 0.15) is 12.0 Å². The first-order valence-electron chi connectivity index (χ1n) is 5.25. The van der Waals surface area contributed by atoms with E-state index in [-0.39, 0.29) is 5.63 Å². The maximum atomic E-state index is 11.2. The molecular formula is C13H11NO3. The van der Waals surface area contributed by atoms with Crippen LogP contribution in [0.5, 0.6) is 5.75 Å². The molecule has 1 aromatic heterocycles. The van der Waals surface area contributed by atoms with Crippen LogP contribution in [0.25, 0.3) is 11.0 Å². The Balaban J connectivity index is 2.37. The fourth-order valence-corrected chi connectivity index (χ4v) is 1.61. The summed E-state index contributed by atoms with van der Waals surface area (Å²) in [5.41, 5.74) is 1.01. The lowest BCUT2D eigenvalue weighted by molar-refractivity contribution is 0.326. The Morgan fingerprint density at radius 1 is 1.41 bits per heavy atom. The van der Waals surface area contributed by atoms with Gasteiger partial charge in [0.25, 0.3) is 0 Å². The first-order valence-corrected chi connectivity index (χ1v) is 5.25. The first kappa shape index (κ1) is 11.2. The normalized spacial score (nSPS) is 10.1. The summed E-state index contributed by atoms with van der Waals surface area (Å²) in [4.78, 5) is 11.2. The molecule has 0 atom stereocenters. The van der Waals surface area contributed by atoms with Gasteiger partial charge in [0, 0.05) is 17.5 Å². The molecule has 86 valence electrons. The molecule has 0 unspecified atom stereocenters. The van der Waals surface area contributed by atoms with Crippen LogP contribution in [0.15, 0.2) is 33.5 Å². The Labute approximate surface area is 98.0 Å². The summed E-state index contributed by atoms with van der Waals surface area (Å²) in [5.74, 6) is 0.599. The zero-order valence-electron chi connectivity index (χ0n) is 9.40. The Bertz CT molecular complexity index is 637. The number of rotatable bonds is 3. The van der Waals surface area contributed by atoms with Gasteiger partial charge in [0.05, 0.1) is 12.5 Å². The minimum absolute atomic E-state index is 0.329. The minimum Gasteiger partial charge on any atom is -0.492 e. The molecular weight excluding hydrogens is 218 g/mol. The van der Waals surface area contributed by atoms with Gasteiger partial charge < -0.3 is 9.15 Å². The number of ether oxygens (including phenoxy) is 1. The largest absolute Gasteiger partial charge is 0.492 e. The molecule has 4 nitrogen and oxygen atoms in total. The number of nitrogens with zero attached hydrogens (tertiary/aromatic N) is 1. The molecule has 17 heavy (non-hydrogen) atoms. The summed E-state index contributed by atoms with van der Waals surface area (Å²) >= 11 is 0. The van der Waals surface area contributed by atoms with Crippen molar-refractivity contribution in [2.75, 3.05) is 6.61 Å². The van der Waals surface area contributed by atoms with E-state index in [1.54, 1.807) is 12.1 Å². The smallest absolute Gasteiger partial charge is 0.336 e. The molecule has 1 aromatic carbocycles. The second-order valence-corrected chi connectivity index (χ2v) is 3.66. The molecule has 0 saturated heterocycles. The van der Waals surface area contributed by atoms with Crippen molar-refractivity contribution in [1.82, 2.24) is 0 Å². The van der Waals surface area contributed by atoms with Crippen molar-refractivity contribution in [1.29, 1.82) is 5.26 Å². The van der Waals surface area contributed by atoms with E-state index < -0.39 is 0 Å². The fourth-order valence-electron chi connectivity index (χ4n) is 1.61. The highest BCUT2D eigenvalue weighted by Crippen LogP contribution is 2.22. The van der Waals surface area contributed by atoms with Crippen LogP contribution in [0, 0.1) is 18.3 Å². The van der Waals surface area contributed by atoms with E-state index in [1.165, 1.54) is 6.07 Å². The van der Waals surface area contributed by atoms with Crippen molar-refractivity contribution in [2.24, 2.45) is 0 Å². The molecule has 2 aromatic rings. The maximum absolute atomic E-state index is 11.2. The monoisotopic (exact) mass is 229 g/mol. The average Bonchev–Trinajstić information content (AvgIpc) is 2.28. The van der Waals surface area contributed by atoms with Gasteiger partial charge in [-0.1, -0.05) is 0 Å². The third kappa shape index (κ3) is 2.45. The fraction of sp³-hybridized carbons (Fsp3) is 0.231. The Hall–Kier alpha value is -2.28. The van der Waals surface area contributed by atoms with Gasteiger partial charge in [0.2, 0.25) is 0 Å². The lowest BCUT2D eigenvalue weighted by Crippen LogP contribution is -1.99. The third-order valence-electron chi connectivity index (χ3n) is 2.41. The first-order chi connectivity index (χ1) is 8.20. The summed E-state index contributed by atoms with van der Waals surface area (Å²) in [5, 5.41) is 9.29. The third-order valence-corrected chi connectivity index (χ3v) is 2.41. The predicted molar refractivity (Wildman–Crippen MR) is 62.9 cm³/mol. The molecule has 0 bridgehead atoms. The van der Waals surface area contributed by atoms with Crippen LogP contribution in [0.2, 0.25) is 0 Å². The Morgan fingerprint density at radius 2 is 2.24 bits per heavy atom. The van der Waals surface area contributed by atoms with Crippen LogP contribution in [-0.2, 0) is 0 Å². The Morgan fingerprint density at radius 3 is 3.00 bits per heavy atom. The molecule has 0 aliphatic carbocycles.